The van der Waals surface area contributed by atoms with Crippen LogP contribution in [0.4, 0.5) is 5.69 Å². The quantitative estimate of drug-likeness (QED) is 0.720. The highest BCUT2D eigenvalue weighted by atomic mass is 32.1. The molecule has 5 nitrogen and oxygen atoms in total. The van der Waals surface area contributed by atoms with Gasteiger partial charge in [-0.1, -0.05) is 0 Å². The molecular formula is C17H16N2O3S2. The van der Waals surface area contributed by atoms with Crippen molar-refractivity contribution < 1.29 is 14.3 Å². The molecule has 24 heavy (non-hydrogen) atoms. The van der Waals surface area contributed by atoms with Crippen LogP contribution in [0.3, 0.4) is 0 Å². The lowest BCUT2D eigenvalue weighted by Crippen LogP contribution is -2.14. The zero-order valence-corrected chi connectivity index (χ0v) is 14.9. The van der Waals surface area contributed by atoms with Gasteiger partial charge in [-0.05, 0) is 11.4 Å². The van der Waals surface area contributed by atoms with Crippen molar-refractivity contribution in [3.8, 4) is 22.1 Å². The number of anilines is 1. The normalized spacial score (nSPS) is 10.4. The largest absolute Gasteiger partial charge is 0.497 e. The molecule has 1 amide bonds. The summed E-state index contributed by atoms with van der Waals surface area (Å²) >= 11 is 3.17. The summed E-state index contributed by atoms with van der Waals surface area (Å²) in [6, 6.07) is 7.27. The predicted molar refractivity (Wildman–Crippen MR) is 97.3 cm³/mol. The minimum Gasteiger partial charge on any atom is -0.497 e. The first-order valence-electron chi connectivity index (χ1n) is 7.18. The Morgan fingerprint density at radius 3 is 2.54 bits per heavy atom. The summed E-state index contributed by atoms with van der Waals surface area (Å²) in [5.74, 6) is 1.11. The van der Waals surface area contributed by atoms with E-state index in [9.17, 15) is 4.79 Å². The molecule has 1 N–H and O–H groups in total. The summed E-state index contributed by atoms with van der Waals surface area (Å²) in [5.41, 5.74) is 2.48. The SMILES string of the molecule is COc1cc(NC(=O)Cc2csc(-c3ccsc3)n2)cc(OC)c1. The van der Waals surface area contributed by atoms with Gasteiger partial charge in [0.15, 0.2) is 0 Å². The van der Waals surface area contributed by atoms with Crippen LogP contribution < -0.4 is 14.8 Å². The number of hydrogen-bond acceptors (Lipinski definition) is 6. The van der Waals surface area contributed by atoms with Crippen molar-refractivity contribution in [3.05, 3.63) is 46.1 Å². The summed E-state index contributed by atoms with van der Waals surface area (Å²) in [6.07, 6.45) is 0.222. The fourth-order valence-corrected chi connectivity index (χ4v) is 3.69. The highest BCUT2D eigenvalue weighted by Gasteiger charge is 2.11. The Labute approximate surface area is 147 Å². The second-order valence-electron chi connectivity index (χ2n) is 4.98. The van der Waals surface area contributed by atoms with Crippen molar-refractivity contribution in [1.29, 1.82) is 0 Å². The molecule has 0 aliphatic heterocycles. The smallest absolute Gasteiger partial charge is 0.230 e. The number of nitrogens with one attached hydrogen (secondary N) is 1. The molecule has 7 heteroatoms. The van der Waals surface area contributed by atoms with Gasteiger partial charge < -0.3 is 14.8 Å². The number of carbonyl (C=O) groups excluding carboxylic acids is 1. The van der Waals surface area contributed by atoms with Crippen molar-refractivity contribution in [2.45, 2.75) is 6.42 Å². The number of aromatic nitrogens is 1. The van der Waals surface area contributed by atoms with Crippen molar-refractivity contribution in [2.24, 2.45) is 0 Å². The number of benzene rings is 1. The van der Waals surface area contributed by atoms with E-state index in [2.05, 4.69) is 10.3 Å². The van der Waals surface area contributed by atoms with Gasteiger partial charge in [-0.2, -0.15) is 11.3 Å². The zero-order valence-electron chi connectivity index (χ0n) is 13.2. The lowest BCUT2D eigenvalue weighted by Gasteiger charge is -2.09. The third-order valence-corrected chi connectivity index (χ3v) is 4.92. The molecule has 0 saturated heterocycles. The summed E-state index contributed by atoms with van der Waals surface area (Å²) in [7, 11) is 3.14. The third kappa shape index (κ3) is 3.93. The van der Waals surface area contributed by atoms with Crippen LogP contribution in [-0.4, -0.2) is 25.1 Å². The molecule has 3 rings (SSSR count). The van der Waals surface area contributed by atoms with Gasteiger partial charge in [0, 0.05) is 40.2 Å². The first-order chi connectivity index (χ1) is 11.7. The number of hydrogen-bond donors (Lipinski definition) is 1. The number of nitrogens with zero attached hydrogens (tertiary/aromatic N) is 1. The van der Waals surface area contributed by atoms with Gasteiger partial charge in [0.2, 0.25) is 5.91 Å². The van der Waals surface area contributed by atoms with Crippen LogP contribution in [0.5, 0.6) is 11.5 Å². The maximum absolute atomic E-state index is 12.3. The van der Waals surface area contributed by atoms with Gasteiger partial charge >= 0.3 is 0 Å². The molecule has 2 aromatic heterocycles. The van der Waals surface area contributed by atoms with Gasteiger partial charge in [0.05, 0.1) is 26.3 Å². The van der Waals surface area contributed by atoms with Gasteiger partial charge in [-0.25, -0.2) is 4.98 Å². The topological polar surface area (TPSA) is 60.5 Å². The summed E-state index contributed by atoms with van der Waals surface area (Å²) in [6.45, 7) is 0. The van der Waals surface area contributed by atoms with Crippen molar-refractivity contribution in [1.82, 2.24) is 4.98 Å². The van der Waals surface area contributed by atoms with Crippen molar-refractivity contribution in [3.63, 3.8) is 0 Å². The number of amides is 1. The van der Waals surface area contributed by atoms with Gasteiger partial charge in [0.25, 0.3) is 0 Å². The molecule has 0 atom stereocenters. The van der Waals surface area contributed by atoms with Crippen LogP contribution >= 0.6 is 22.7 Å². The van der Waals surface area contributed by atoms with Crippen LogP contribution in [0.1, 0.15) is 5.69 Å². The molecule has 2 heterocycles. The first kappa shape index (κ1) is 16.5. The summed E-state index contributed by atoms with van der Waals surface area (Å²) < 4.78 is 10.4. The minimum atomic E-state index is -0.132. The van der Waals surface area contributed by atoms with Crippen LogP contribution in [0, 0.1) is 0 Å². The lowest BCUT2D eigenvalue weighted by molar-refractivity contribution is -0.115. The predicted octanol–water partition coefficient (Wildman–Crippen LogP) is 4.07. The van der Waals surface area contributed by atoms with E-state index in [-0.39, 0.29) is 12.3 Å². The van der Waals surface area contributed by atoms with E-state index in [1.54, 1.807) is 55.1 Å². The lowest BCUT2D eigenvalue weighted by atomic mass is 10.2. The standard InChI is InChI=1S/C17H16N2O3S2/c1-21-14-5-12(6-15(8-14)22-2)18-16(20)7-13-10-24-17(19-13)11-3-4-23-9-11/h3-6,8-10H,7H2,1-2H3,(H,18,20). The van der Waals surface area contributed by atoms with E-state index in [1.807, 2.05) is 22.2 Å². The number of thiazole rings is 1. The van der Waals surface area contributed by atoms with E-state index in [0.29, 0.717) is 17.2 Å². The molecule has 0 aliphatic rings. The maximum atomic E-state index is 12.3. The second-order valence-corrected chi connectivity index (χ2v) is 6.62. The Balaban J connectivity index is 1.68. The molecule has 0 bridgehead atoms. The average molecular weight is 360 g/mol. The molecule has 0 spiro atoms. The van der Waals surface area contributed by atoms with Crippen LogP contribution in [0.25, 0.3) is 10.6 Å². The van der Waals surface area contributed by atoms with E-state index >= 15 is 0 Å². The molecule has 0 radical (unpaired) electrons. The van der Waals surface area contributed by atoms with E-state index in [1.165, 1.54) is 0 Å². The third-order valence-electron chi connectivity index (χ3n) is 3.30. The fraction of sp³-hybridized carbons (Fsp3) is 0.176. The molecule has 124 valence electrons. The number of carbonyl (C=O) groups is 1. The molecular weight excluding hydrogens is 344 g/mol. The Morgan fingerprint density at radius 2 is 1.92 bits per heavy atom. The van der Waals surface area contributed by atoms with Crippen molar-refractivity contribution in [2.75, 3.05) is 19.5 Å². The van der Waals surface area contributed by atoms with E-state index in [0.717, 1.165) is 16.3 Å². The first-order valence-corrected chi connectivity index (χ1v) is 9.00. The van der Waals surface area contributed by atoms with Gasteiger partial charge in [-0.15, -0.1) is 11.3 Å². The fourth-order valence-electron chi connectivity index (χ4n) is 2.16. The maximum Gasteiger partial charge on any atom is 0.230 e. The molecule has 1 aromatic carbocycles. The Hall–Kier alpha value is -2.38. The molecule has 0 fully saturated rings. The number of methoxy groups -OCH3 is 2. The number of rotatable bonds is 6. The molecule has 0 aliphatic carbocycles. The molecule has 0 saturated carbocycles. The highest BCUT2D eigenvalue weighted by molar-refractivity contribution is 7.14. The monoisotopic (exact) mass is 360 g/mol. The Kier molecular flexibility index (Phi) is 5.12. The van der Waals surface area contributed by atoms with E-state index < -0.39 is 0 Å². The average Bonchev–Trinajstić information content (AvgIpc) is 3.25. The number of thiophene rings is 1. The summed E-state index contributed by atoms with van der Waals surface area (Å²) in [5, 5.41) is 9.76. The molecule has 0 unspecified atom stereocenters. The highest BCUT2D eigenvalue weighted by Crippen LogP contribution is 2.27. The Morgan fingerprint density at radius 1 is 1.17 bits per heavy atom. The Bertz CT molecular complexity index is 806. The van der Waals surface area contributed by atoms with Crippen LogP contribution in [0.15, 0.2) is 40.4 Å². The van der Waals surface area contributed by atoms with E-state index in [4.69, 9.17) is 9.47 Å². The summed E-state index contributed by atoms with van der Waals surface area (Å²) in [4.78, 5) is 16.8. The molecule has 3 aromatic rings. The van der Waals surface area contributed by atoms with Gasteiger partial charge in [0.1, 0.15) is 16.5 Å². The second kappa shape index (κ2) is 7.46. The minimum absolute atomic E-state index is 0.132. The van der Waals surface area contributed by atoms with Crippen LogP contribution in [-0.2, 0) is 11.2 Å². The van der Waals surface area contributed by atoms with Gasteiger partial charge in [-0.3, -0.25) is 4.79 Å². The number of ether oxygens (including phenoxy) is 2. The van der Waals surface area contributed by atoms with Crippen molar-refractivity contribution >= 4 is 34.3 Å². The zero-order chi connectivity index (χ0) is 16.9. The van der Waals surface area contributed by atoms with Crippen LogP contribution in [0.2, 0.25) is 0 Å².